The fraction of sp³-hybridized carbons (Fsp3) is 0.190. The van der Waals surface area contributed by atoms with Crippen LogP contribution in [0.25, 0.3) is 11.0 Å². The van der Waals surface area contributed by atoms with Gasteiger partial charge in [-0.1, -0.05) is 41.9 Å². The van der Waals surface area contributed by atoms with Crippen molar-refractivity contribution < 1.29 is 13.9 Å². The summed E-state index contributed by atoms with van der Waals surface area (Å²) in [4.78, 5) is 13.0. The minimum absolute atomic E-state index is 0.139. The molecular formula is C21H15ClO4. The molecular weight excluding hydrogens is 352 g/mol. The molecule has 1 aromatic heterocycles. The molecule has 5 rings (SSSR count). The van der Waals surface area contributed by atoms with E-state index >= 15 is 0 Å². The Morgan fingerprint density at radius 1 is 1.08 bits per heavy atom. The molecule has 0 saturated carbocycles. The highest BCUT2D eigenvalue weighted by Gasteiger charge is 2.44. The topological polar surface area (TPSA) is 48.7 Å². The van der Waals surface area contributed by atoms with E-state index in [4.69, 9.17) is 25.5 Å². The van der Waals surface area contributed by atoms with Crippen molar-refractivity contribution in [3.8, 4) is 5.75 Å². The second-order valence-electron chi connectivity index (χ2n) is 6.57. The summed E-state index contributed by atoms with van der Waals surface area (Å²) in [5.74, 6) is 0.644. The minimum Gasteiger partial charge on any atom is -0.493 e. The third kappa shape index (κ3) is 2.41. The second kappa shape index (κ2) is 5.92. The van der Waals surface area contributed by atoms with Crippen LogP contribution in [-0.2, 0) is 11.2 Å². The summed E-state index contributed by atoms with van der Waals surface area (Å²) < 4.78 is 17.9. The second-order valence-corrected chi connectivity index (χ2v) is 7.00. The summed E-state index contributed by atoms with van der Waals surface area (Å²) in [5, 5.41) is 0.916. The Morgan fingerprint density at radius 2 is 1.92 bits per heavy atom. The molecule has 0 saturated heterocycles. The van der Waals surface area contributed by atoms with Gasteiger partial charge in [0.1, 0.15) is 17.8 Å². The maximum Gasteiger partial charge on any atom is 0.234 e. The lowest BCUT2D eigenvalue weighted by molar-refractivity contribution is 0.00804. The normalized spacial score (nSPS) is 23.2. The Bertz CT molecular complexity index is 1070. The molecule has 130 valence electrons. The first-order chi connectivity index (χ1) is 12.7. The van der Waals surface area contributed by atoms with Crippen LogP contribution < -0.4 is 10.2 Å². The van der Waals surface area contributed by atoms with E-state index < -0.39 is 0 Å². The first kappa shape index (κ1) is 15.5. The van der Waals surface area contributed by atoms with E-state index in [-0.39, 0.29) is 29.3 Å². The number of benzene rings is 2. The molecule has 0 aliphatic carbocycles. The molecule has 3 heterocycles. The van der Waals surface area contributed by atoms with Gasteiger partial charge in [-0.3, -0.25) is 4.79 Å². The van der Waals surface area contributed by atoms with Gasteiger partial charge in [-0.05, 0) is 29.8 Å². The number of fused-ring (bicyclic) bond motifs is 4. The Balaban J connectivity index is 1.63. The molecule has 3 atom stereocenters. The molecule has 0 radical (unpaired) electrons. The van der Waals surface area contributed by atoms with Gasteiger partial charge in [0, 0.05) is 11.4 Å². The number of hydrogen-bond acceptors (Lipinski definition) is 4. The lowest BCUT2D eigenvalue weighted by Crippen LogP contribution is -2.42. The van der Waals surface area contributed by atoms with Gasteiger partial charge in [0.05, 0.1) is 17.6 Å². The van der Waals surface area contributed by atoms with Crippen LogP contribution >= 0.6 is 11.6 Å². The van der Waals surface area contributed by atoms with Crippen molar-refractivity contribution in [2.75, 3.05) is 0 Å². The molecule has 26 heavy (non-hydrogen) atoms. The molecule has 0 amide bonds. The van der Waals surface area contributed by atoms with Gasteiger partial charge in [0.15, 0.2) is 5.76 Å². The summed E-state index contributed by atoms with van der Waals surface area (Å²) in [6.45, 7) is 0. The summed E-state index contributed by atoms with van der Waals surface area (Å²) in [6, 6.07) is 15.1. The lowest BCUT2D eigenvalue weighted by Gasteiger charge is -2.33. The average Bonchev–Trinajstić information content (AvgIpc) is 3.15. The van der Waals surface area contributed by atoms with Gasteiger partial charge >= 0.3 is 0 Å². The Kier molecular flexibility index (Phi) is 3.54. The maximum atomic E-state index is 13.0. The smallest absolute Gasteiger partial charge is 0.234 e. The summed E-state index contributed by atoms with van der Waals surface area (Å²) in [5.41, 5.74) is 1.44. The number of hydrogen-bond donors (Lipinski definition) is 0. The third-order valence-electron chi connectivity index (χ3n) is 4.93. The van der Waals surface area contributed by atoms with Crippen molar-refractivity contribution in [2.45, 2.75) is 24.5 Å². The zero-order chi connectivity index (χ0) is 17.7. The van der Waals surface area contributed by atoms with Crippen LogP contribution in [0.1, 0.15) is 17.2 Å². The zero-order valence-electron chi connectivity index (χ0n) is 13.7. The number of halogens is 1. The molecule has 4 nitrogen and oxygen atoms in total. The highest BCUT2D eigenvalue weighted by atomic mass is 35.5. The van der Waals surface area contributed by atoms with E-state index in [0.29, 0.717) is 28.2 Å². The summed E-state index contributed by atoms with van der Waals surface area (Å²) in [7, 11) is 0. The van der Waals surface area contributed by atoms with E-state index in [1.54, 1.807) is 24.5 Å². The van der Waals surface area contributed by atoms with Crippen molar-refractivity contribution in [2.24, 2.45) is 0 Å². The SMILES string of the molecule is O=c1c2c(oc3ccc(Cl)cc13)[C@@H]1C=CO[C@@H]1[C@@H](Cc1ccccc1)O2. The molecule has 0 unspecified atom stereocenters. The van der Waals surface area contributed by atoms with Crippen molar-refractivity contribution in [1.82, 2.24) is 0 Å². The molecule has 0 N–H and O–H groups in total. The van der Waals surface area contributed by atoms with Crippen LogP contribution in [-0.4, -0.2) is 12.2 Å². The molecule has 2 aliphatic heterocycles. The third-order valence-corrected chi connectivity index (χ3v) is 5.16. The minimum atomic E-state index is -0.274. The predicted molar refractivity (Wildman–Crippen MR) is 98.8 cm³/mol. The van der Waals surface area contributed by atoms with Gasteiger partial charge in [-0.2, -0.15) is 0 Å². The van der Waals surface area contributed by atoms with E-state index in [9.17, 15) is 4.79 Å². The monoisotopic (exact) mass is 366 g/mol. The van der Waals surface area contributed by atoms with Crippen LogP contribution in [0.15, 0.2) is 70.1 Å². The zero-order valence-corrected chi connectivity index (χ0v) is 14.5. The summed E-state index contributed by atoms with van der Waals surface area (Å²) >= 11 is 6.05. The van der Waals surface area contributed by atoms with Crippen LogP contribution in [0.4, 0.5) is 0 Å². The predicted octanol–water partition coefficient (Wildman–Crippen LogP) is 4.45. The Morgan fingerprint density at radius 3 is 2.77 bits per heavy atom. The fourth-order valence-electron chi connectivity index (χ4n) is 3.69. The molecule has 2 aromatic carbocycles. The average molecular weight is 367 g/mol. The van der Waals surface area contributed by atoms with E-state index in [0.717, 1.165) is 5.56 Å². The van der Waals surface area contributed by atoms with E-state index in [1.807, 2.05) is 36.4 Å². The van der Waals surface area contributed by atoms with Crippen LogP contribution in [0.3, 0.4) is 0 Å². The largest absolute Gasteiger partial charge is 0.493 e. The lowest BCUT2D eigenvalue weighted by atomic mass is 9.89. The van der Waals surface area contributed by atoms with E-state index in [2.05, 4.69) is 0 Å². The van der Waals surface area contributed by atoms with Gasteiger partial charge in [-0.25, -0.2) is 0 Å². The van der Waals surface area contributed by atoms with Crippen LogP contribution in [0, 0.1) is 0 Å². The van der Waals surface area contributed by atoms with E-state index in [1.165, 1.54) is 0 Å². The van der Waals surface area contributed by atoms with Gasteiger partial charge in [-0.15, -0.1) is 0 Å². The van der Waals surface area contributed by atoms with Crippen LogP contribution in [0.5, 0.6) is 5.75 Å². The molecule has 5 heteroatoms. The molecule has 0 fully saturated rings. The highest BCUT2D eigenvalue weighted by Crippen LogP contribution is 2.42. The Hall–Kier alpha value is -2.72. The first-order valence-electron chi connectivity index (χ1n) is 8.50. The Labute approximate surface area is 154 Å². The van der Waals surface area contributed by atoms with Crippen molar-refractivity contribution >= 4 is 22.6 Å². The highest BCUT2D eigenvalue weighted by molar-refractivity contribution is 6.31. The molecule has 2 aliphatic rings. The number of ether oxygens (including phenoxy) is 2. The first-order valence-corrected chi connectivity index (χ1v) is 8.87. The maximum absolute atomic E-state index is 13.0. The molecule has 0 spiro atoms. The van der Waals surface area contributed by atoms with Gasteiger partial charge in [0.2, 0.25) is 11.2 Å². The van der Waals surface area contributed by atoms with Crippen LogP contribution in [0.2, 0.25) is 5.02 Å². The fourth-order valence-corrected chi connectivity index (χ4v) is 3.86. The van der Waals surface area contributed by atoms with Crippen molar-refractivity contribution in [1.29, 1.82) is 0 Å². The number of rotatable bonds is 2. The van der Waals surface area contributed by atoms with Crippen molar-refractivity contribution in [3.63, 3.8) is 0 Å². The summed E-state index contributed by atoms with van der Waals surface area (Å²) in [6.07, 6.45) is 3.75. The van der Waals surface area contributed by atoms with Crippen molar-refractivity contribution in [3.05, 3.63) is 87.4 Å². The standard InChI is InChI=1S/C21H15ClO4/c22-13-6-7-16-15(11-13)18(23)21-20(25-16)14-8-9-24-19(14)17(26-21)10-12-4-2-1-3-5-12/h1-9,11,14,17,19H,10H2/t14-,17-,19+/m1/s1. The quantitative estimate of drug-likeness (QED) is 0.672. The van der Waals surface area contributed by atoms with Gasteiger partial charge in [0.25, 0.3) is 0 Å². The molecule has 0 bridgehead atoms. The van der Waals surface area contributed by atoms with Gasteiger partial charge < -0.3 is 13.9 Å². The molecule has 3 aromatic rings.